The zero-order valence-corrected chi connectivity index (χ0v) is 34.6. The molecule has 0 aromatic heterocycles. The second-order valence-electron chi connectivity index (χ2n) is 18.9. The Morgan fingerprint density at radius 2 is 1.75 bits per heavy atom. The lowest BCUT2D eigenvalue weighted by atomic mass is 9.79. The van der Waals surface area contributed by atoms with Gasteiger partial charge in [-0.05, 0) is 95.1 Å². The van der Waals surface area contributed by atoms with Crippen LogP contribution in [0.25, 0.3) is 0 Å². The van der Waals surface area contributed by atoms with E-state index in [-0.39, 0.29) is 36.6 Å². The molecule has 7 aliphatic rings. The number of hydrogen-bond donors (Lipinski definition) is 5. The summed E-state index contributed by atoms with van der Waals surface area (Å²) in [5, 5.41) is 54.0. The molecular formula is C44H68O13. The monoisotopic (exact) mass is 804 g/mol. The Balaban J connectivity index is 0.920. The highest BCUT2D eigenvalue weighted by molar-refractivity contribution is 5.76. The zero-order valence-electron chi connectivity index (χ0n) is 34.6. The van der Waals surface area contributed by atoms with Crippen LogP contribution >= 0.6 is 0 Å². The van der Waals surface area contributed by atoms with E-state index in [0.717, 1.165) is 50.7 Å². The van der Waals surface area contributed by atoms with E-state index >= 15 is 0 Å². The van der Waals surface area contributed by atoms with Crippen LogP contribution in [0.5, 0.6) is 0 Å². The van der Waals surface area contributed by atoms with E-state index in [2.05, 4.69) is 26.5 Å². The summed E-state index contributed by atoms with van der Waals surface area (Å²) in [5.41, 5.74) is -0.551. The zero-order chi connectivity index (χ0) is 40.9. The van der Waals surface area contributed by atoms with Crippen molar-refractivity contribution in [2.45, 2.75) is 209 Å². The number of ether oxygens (including phenoxy) is 7. The van der Waals surface area contributed by atoms with Crippen LogP contribution in [-0.2, 0) is 38.0 Å². The van der Waals surface area contributed by atoms with Gasteiger partial charge in [-0.1, -0.05) is 45.1 Å². The molecule has 6 saturated heterocycles. The van der Waals surface area contributed by atoms with E-state index in [0.29, 0.717) is 56.4 Å². The average Bonchev–Trinajstić information content (AvgIpc) is 3.56. The number of hydrogen-bond acceptors (Lipinski definition) is 12. The largest absolute Gasteiger partial charge is 0.479 e. The molecule has 0 bridgehead atoms. The van der Waals surface area contributed by atoms with E-state index in [9.17, 15) is 30.3 Å². The predicted octanol–water partition coefficient (Wildman–Crippen LogP) is 5.21. The molecule has 322 valence electrons. The lowest BCUT2D eigenvalue weighted by Gasteiger charge is -2.50. The third-order valence-corrected chi connectivity index (χ3v) is 14.0. The standard InChI is InChI=1S/C44H68O13/c1-25-21-34(55-44(23-25)35(46)12-11-31(54-44)24-41(6,50)40(48)49)26(2)9-10-30-14-18-43(53-30)19-15-33-39(57-43)36(47)29(5)38(52-33)32(45)22-28(4)37-27(3)13-17-42(56-37)16-7-8-20-51-42/h9-10,23,26-28,30-39,45-47,50H,5,7-8,11-22,24H2,1-4,6H3,(H,48,49)/b10-9+/t26-,27-,28+,30+,31-,32+,33-,34+,35-,36-,37+,38+,39+,41-,42+,43-,44-/m1/s1. The van der Waals surface area contributed by atoms with Gasteiger partial charge in [-0.2, -0.15) is 0 Å². The molecule has 7 heterocycles. The molecule has 7 aliphatic heterocycles. The SMILES string of the molecule is C=C1[C@@H](O)[C@H]2O[C@]3(CC[C@H](/C=C/[C@@H](C)[C@@H]4CC(C)=C[C@@]5(O[C@@H](C[C@@](C)(O)C(=O)O)CC[C@H]5O)O4)O3)CC[C@H]2O[C@@H]1[C@@H](O)C[C@H](C)[C@H]1O[C@@]2(CCCCO2)CC[C@H]1C. The van der Waals surface area contributed by atoms with Gasteiger partial charge in [-0.15, -0.1) is 0 Å². The molecule has 0 saturated carbocycles. The van der Waals surface area contributed by atoms with Crippen LogP contribution in [0.4, 0.5) is 0 Å². The normalized spacial score (nSPS) is 45.4. The maximum Gasteiger partial charge on any atom is 0.335 e. The van der Waals surface area contributed by atoms with Gasteiger partial charge in [-0.3, -0.25) is 0 Å². The van der Waals surface area contributed by atoms with Gasteiger partial charge in [0.1, 0.15) is 24.4 Å². The summed E-state index contributed by atoms with van der Waals surface area (Å²) in [6, 6.07) is 0. The van der Waals surface area contributed by atoms with Gasteiger partial charge in [0.15, 0.2) is 17.2 Å². The highest BCUT2D eigenvalue weighted by atomic mass is 16.7. The van der Waals surface area contributed by atoms with Crippen LogP contribution in [0.1, 0.15) is 125 Å². The molecule has 0 aliphatic carbocycles. The van der Waals surface area contributed by atoms with E-state index in [1.165, 1.54) is 6.92 Å². The van der Waals surface area contributed by atoms with Gasteiger partial charge in [0.05, 0.1) is 43.2 Å². The molecule has 0 unspecified atom stereocenters. The molecular weight excluding hydrogens is 736 g/mol. The Kier molecular flexibility index (Phi) is 12.9. The second kappa shape index (κ2) is 17.0. The molecule has 5 N–H and O–H groups in total. The average molecular weight is 805 g/mol. The van der Waals surface area contributed by atoms with Crippen molar-refractivity contribution in [1.29, 1.82) is 0 Å². The first-order valence-corrected chi connectivity index (χ1v) is 21.7. The Hall–Kier alpha value is -1.75. The van der Waals surface area contributed by atoms with Gasteiger partial charge in [0, 0.05) is 38.0 Å². The van der Waals surface area contributed by atoms with Crippen molar-refractivity contribution in [2.75, 3.05) is 6.61 Å². The van der Waals surface area contributed by atoms with E-state index < -0.39 is 71.7 Å². The number of carboxylic acid groups (broad SMARTS) is 1. The number of aliphatic hydroxyl groups is 4. The molecule has 0 aromatic rings. The third kappa shape index (κ3) is 9.15. The van der Waals surface area contributed by atoms with E-state index in [4.69, 9.17) is 33.2 Å². The molecule has 57 heavy (non-hydrogen) atoms. The molecule has 13 nitrogen and oxygen atoms in total. The number of carboxylic acids is 1. The highest BCUT2D eigenvalue weighted by Crippen LogP contribution is 2.47. The minimum Gasteiger partial charge on any atom is -0.479 e. The van der Waals surface area contributed by atoms with Crippen molar-refractivity contribution in [1.82, 2.24) is 0 Å². The van der Waals surface area contributed by atoms with Gasteiger partial charge in [0.25, 0.3) is 0 Å². The smallest absolute Gasteiger partial charge is 0.335 e. The number of carbonyl (C=O) groups is 1. The van der Waals surface area contributed by atoms with Crippen LogP contribution < -0.4 is 0 Å². The van der Waals surface area contributed by atoms with Crippen molar-refractivity contribution in [3.05, 3.63) is 36.0 Å². The maximum atomic E-state index is 11.6. The van der Waals surface area contributed by atoms with Crippen molar-refractivity contribution in [2.24, 2.45) is 17.8 Å². The fourth-order valence-electron chi connectivity index (χ4n) is 10.5. The topological polar surface area (TPSA) is 183 Å². The first kappa shape index (κ1) is 43.3. The first-order valence-electron chi connectivity index (χ1n) is 21.7. The molecule has 0 radical (unpaired) electrons. The summed E-state index contributed by atoms with van der Waals surface area (Å²) in [6.45, 7) is 14.5. The van der Waals surface area contributed by atoms with Crippen LogP contribution in [0.3, 0.4) is 0 Å². The van der Waals surface area contributed by atoms with E-state index in [1.807, 2.05) is 19.9 Å². The summed E-state index contributed by atoms with van der Waals surface area (Å²) < 4.78 is 45.2. The van der Waals surface area contributed by atoms with Gasteiger partial charge in [-0.25, -0.2) is 4.79 Å². The fourth-order valence-corrected chi connectivity index (χ4v) is 10.5. The van der Waals surface area contributed by atoms with Crippen LogP contribution in [-0.4, -0.2) is 122 Å². The fraction of sp³-hybridized carbons (Fsp3) is 0.841. The van der Waals surface area contributed by atoms with Gasteiger partial charge >= 0.3 is 5.97 Å². The minimum atomic E-state index is -1.96. The molecule has 6 fully saturated rings. The lowest BCUT2D eigenvalue weighted by molar-refractivity contribution is -0.321. The van der Waals surface area contributed by atoms with Crippen LogP contribution in [0.2, 0.25) is 0 Å². The van der Waals surface area contributed by atoms with Crippen LogP contribution in [0, 0.1) is 17.8 Å². The summed E-state index contributed by atoms with van der Waals surface area (Å²) in [6.07, 6.45) is 9.37. The Morgan fingerprint density at radius 1 is 1.00 bits per heavy atom. The molecule has 0 amide bonds. The quantitative estimate of drug-likeness (QED) is 0.182. The third-order valence-electron chi connectivity index (χ3n) is 14.0. The molecule has 7 rings (SSSR count). The summed E-state index contributed by atoms with van der Waals surface area (Å²) in [5.74, 6) is -3.82. The number of fused-ring (bicyclic) bond motifs is 1. The Labute approximate surface area is 337 Å². The van der Waals surface area contributed by atoms with Gasteiger partial charge in [0.2, 0.25) is 5.79 Å². The van der Waals surface area contributed by atoms with Crippen molar-refractivity contribution in [3.8, 4) is 0 Å². The maximum absolute atomic E-state index is 11.6. The number of aliphatic hydroxyl groups excluding tert-OH is 3. The van der Waals surface area contributed by atoms with Crippen molar-refractivity contribution < 1.29 is 63.5 Å². The molecule has 3 spiro atoms. The Bertz CT molecular complexity index is 1510. The number of rotatable bonds is 10. The van der Waals surface area contributed by atoms with Crippen LogP contribution in [0.15, 0.2) is 36.0 Å². The number of aliphatic carboxylic acids is 1. The Morgan fingerprint density at radius 3 is 2.49 bits per heavy atom. The summed E-state index contributed by atoms with van der Waals surface area (Å²) in [7, 11) is 0. The highest BCUT2D eigenvalue weighted by Gasteiger charge is 2.55. The van der Waals surface area contributed by atoms with Gasteiger partial charge < -0.3 is 58.7 Å². The predicted molar refractivity (Wildman–Crippen MR) is 208 cm³/mol. The molecule has 17 atom stereocenters. The minimum absolute atomic E-state index is 0.0423. The molecule has 0 aromatic carbocycles. The van der Waals surface area contributed by atoms with Crippen molar-refractivity contribution >= 4 is 5.97 Å². The van der Waals surface area contributed by atoms with Crippen molar-refractivity contribution in [3.63, 3.8) is 0 Å². The summed E-state index contributed by atoms with van der Waals surface area (Å²) >= 11 is 0. The summed E-state index contributed by atoms with van der Waals surface area (Å²) in [4.78, 5) is 11.6. The second-order valence-corrected chi connectivity index (χ2v) is 18.9. The lowest BCUT2D eigenvalue weighted by Crippen LogP contribution is -2.60. The van der Waals surface area contributed by atoms with E-state index in [1.54, 1.807) is 6.08 Å². The first-order chi connectivity index (χ1) is 26.9. The molecule has 13 heteroatoms.